The quantitative estimate of drug-likeness (QED) is 0.0613. The van der Waals surface area contributed by atoms with Crippen LogP contribution in [0.3, 0.4) is 0 Å². The maximum Gasteiger partial charge on any atom is 0.412 e. The molecule has 0 bridgehead atoms. The van der Waals surface area contributed by atoms with Gasteiger partial charge >= 0.3 is 12.2 Å². The van der Waals surface area contributed by atoms with Crippen molar-refractivity contribution in [2.75, 3.05) is 105 Å². The van der Waals surface area contributed by atoms with E-state index < -0.39 is 17.3 Å². The van der Waals surface area contributed by atoms with Gasteiger partial charge in [0.05, 0.1) is 33.9 Å². The van der Waals surface area contributed by atoms with Crippen molar-refractivity contribution < 1.29 is 42.9 Å². The molecular formula is C71H96ClFN12O8S2. The van der Waals surface area contributed by atoms with Gasteiger partial charge in [-0.3, -0.25) is 29.2 Å². The predicted octanol–water partition coefficient (Wildman–Crippen LogP) is 13.9. The molecule has 3 unspecified atom stereocenters. The molecule has 6 amide bonds. The second-order valence-electron chi connectivity index (χ2n) is 27.4. The summed E-state index contributed by atoms with van der Waals surface area (Å²) in [5, 5.41) is 19.6. The number of rotatable bonds is 8. The molecule has 24 heteroatoms. The van der Waals surface area contributed by atoms with E-state index in [0.717, 1.165) is 131 Å². The van der Waals surface area contributed by atoms with E-state index in [9.17, 15) is 28.8 Å². The van der Waals surface area contributed by atoms with Crippen LogP contribution in [-0.2, 0) is 19.1 Å². The first-order chi connectivity index (χ1) is 44.3. The van der Waals surface area contributed by atoms with E-state index in [4.69, 9.17) is 26.8 Å². The number of ether oxygens (including phenoxy) is 2. The lowest BCUT2D eigenvalue weighted by Gasteiger charge is -2.41. The Kier molecular flexibility index (Phi) is 25.8. The average molecular weight is 1360 g/mol. The normalized spacial score (nSPS) is 20.5. The summed E-state index contributed by atoms with van der Waals surface area (Å²) in [6.45, 7) is 26.0. The van der Waals surface area contributed by atoms with E-state index in [0.29, 0.717) is 49.9 Å². The molecule has 7 N–H and O–H groups in total. The lowest BCUT2D eigenvalue weighted by molar-refractivity contribution is -0.129. The lowest BCUT2D eigenvalue weighted by atomic mass is 9.79. The Balaban J connectivity index is 0.000000189. The van der Waals surface area contributed by atoms with Crippen molar-refractivity contribution in [3.05, 3.63) is 124 Å². The zero-order valence-corrected chi connectivity index (χ0v) is 57.8. The van der Waals surface area contributed by atoms with Gasteiger partial charge in [-0.15, -0.1) is 22.7 Å². The number of nitrogens with one attached hydrogen (secondary N) is 5. The molecule has 20 nitrogen and oxygen atoms in total. The Hall–Kier alpha value is -7.70. The predicted molar refractivity (Wildman–Crippen MR) is 382 cm³/mol. The van der Waals surface area contributed by atoms with Crippen molar-refractivity contribution in [1.29, 1.82) is 0 Å². The number of anilines is 5. The van der Waals surface area contributed by atoms with Gasteiger partial charge < -0.3 is 56.1 Å². The van der Waals surface area contributed by atoms with E-state index >= 15 is 0 Å². The number of carbonyl (C=O) groups is 6. The highest BCUT2D eigenvalue weighted by Gasteiger charge is 2.44. The number of pyridine rings is 2. The summed E-state index contributed by atoms with van der Waals surface area (Å²) >= 11 is 9.01. The summed E-state index contributed by atoms with van der Waals surface area (Å²) in [6, 6.07) is 25.9. The largest absolute Gasteiger partial charge is 0.444 e. The third-order valence-electron chi connectivity index (χ3n) is 17.8. The highest BCUT2D eigenvalue weighted by molar-refractivity contribution is 7.13. The van der Waals surface area contributed by atoms with Gasteiger partial charge in [0, 0.05) is 118 Å². The summed E-state index contributed by atoms with van der Waals surface area (Å²) < 4.78 is 10.8. The second kappa shape index (κ2) is 32.8. The minimum atomic E-state index is -0.640. The minimum absolute atomic E-state index is 0. The number of amides is 6. The number of nitrogen functional groups attached to an aromatic ring is 1. The van der Waals surface area contributed by atoms with Crippen molar-refractivity contribution in [2.45, 2.75) is 132 Å². The number of carbonyl (C=O) groups excluding carboxylic acids is 6. The van der Waals surface area contributed by atoms with Crippen molar-refractivity contribution in [1.82, 2.24) is 35.3 Å². The maximum atomic E-state index is 12.9. The molecule has 4 aromatic heterocycles. The number of nitrogens with zero attached hydrogens (tertiary/aromatic N) is 6. The minimum Gasteiger partial charge on any atom is -0.444 e. The molecule has 6 aliphatic heterocycles. The highest BCUT2D eigenvalue weighted by Crippen LogP contribution is 2.41. The number of benzene rings is 2. The fraction of sp³-hybridized carbons (Fsp3) is 0.493. The number of aromatic nitrogens is 2. The smallest absolute Gasteiger partial charge is 0.412 e. The monoisotopic (exact) mass is 1360 g/mol. The van der Waals surface area contributed by atoms with Crippen LogP contribution < -0.4 is 37.2 Å². The van der Waals surface area contributed by atoms with Crippen LogP contribution in [0, 0.1) is 16.2 Å². The number of hydrogen-bond donors (Lipinski definition) is 6. The molecular weight excluding hydrogens is 1270 g/mol. The van der Waals surface area contributed by atoms with Crippen LogP contribution in [0.2, 0.25) is 5.15 Å². The number of nitrogens with two attached hydrogens (primary N) is 1. The Bertz CT molecular complexity index is 3540. The zero-order valence-electron chi connectivity index (χ0n) is 55.4. The molecule has 3 spiro atoms. The summed E-state index contributed by atoms with van der Waals surface area (Å²) in [7, 11) is 0. The Morgan fingerprint density at radius 2 is 1.11 bits per heavy atom. The SMILES string of the molecule is C.CC(=O)N1CCC2(CCCN(c3ccc(C(=O)Nc4cc(-c5cccs5)ccc4N)cn3)C2)C1.CC(=O)N1CCC2(CCCNC2)C1.CC(C)(C)OC(=O)N1CCCC2(CCNC2)C1.CC(C)(C)OC(=O)Nc1ccc(-c2cccs2)cc1NC(=O)c1ccc(Cl)nc1.F. The summed E-state index contributed by atoms with van der Waals surface area (Å²) in [6.07, 6.45) is 12.8. The molecule has 514 valence electrons. The number of likely N-dealkylation sites (tertiary alicyclic amines) is 3. The maximum absolute atomic E-state index is 12.9. The van der Waals surface area contributed by atoms with Crippen molar-refractivity contribution in [3.8, 4) is 20.9 Å². The standard InChI is InChI=1S/C26H29N5O2S.C21H20ClN3O3S.C13H24N2O2.C10H18N2O.CH4.FH/c1-18(32)30-12-10-26(16-30)9-3-11-31(17-26)24-8-6-20(15-28-24)25(33)29-22-14-19(5-7-21(22)27)23-4-2-13-34-23;1-21(2,3)28-20(27)25-15-8-6-13(17-5-4-10-29-17)11-16(15)24-19(26)14-7-9-18(22)23-12-14;1-12(2,3)17-11(16)15-8-4-5-13(10-15)6-7-14-9-13;1-9(13)12-6-4-10(8-12)3-2-5-11-7-10;;/h2,4-8,13-15H,3,9-12,16-17,27H2,1H3,(H,29,33);4-12H,1-3H3,(H,24,26)(H,25,27);14H,4-10H2,1-3H3;11H,2-8H2,1H3;1H4;1H. The van der Waals surface area contributed by atoms with E-state index in [1.807, 2.05) is 107 Å². The van der Waals surface area contributed by atoms with Gasteiger partial charge in [0.25, 0.3) is 11.8 Å². The Morgan fingerprint density at radius 3 is 1.65 bits per heavy atom. The first kappa shape index (κ1) is 74.7. The van der Waals surface area contributed by atoms with Crippen LogP contribution in [-0.4, -0.2) is 150 Å². The van der Waals surface area contributed by atoms with E-state index in [1.54, 1.807) is 87.8 Å². The average Bonchev–Trinajstić information content (AvgIpc) is 1.73. The summed E-state index contributed by atoms with van der Waals surface area (Å²) in [4.78, 5) is 91.6. The number of piperidine rings is 3. The van der Waals surface area contributed by atoms with Crippen LogP contribution >= 0.6 is 34.3 Å². The molecule has 6 aliphatic rings. The van der Waals surface area contributed by atoms with Crippen LogP contribution in [0.25, 0.3) is 20.9 Å². The fourth-order valence-electron chi connectivity index (χ4n) is 13.0. The van der Waals surface area contributed by atoms with Gasteiger partial charge in [0.1, 0.15) is 22.2 Å². The molecule has 6 fully saturated rings. The summed E-state index contributed by atoms with van der Waals surface area (Å²) in [5.74, 6) is 0.657. The molecule has 95 heavy (non-hydrogen) atoms. The van der Waals surface area contributed by atoms with E-state index in [-0.39, 0.29) is 47.3 Å². The molecule has 0 saturated carbocycles. The van der Waals surface area contributed by atoms with Crippen LogP contribution in [0.4, 0.5) is 42.9 Å². The Morgan fingerprint density at radius 1 is 0.568 bits per heavy atom. The first-order valence-corrected chi connectivity index (χ1v) is 34.4. The molecule has 0 aliphatic carbocycles. The Labute approximate surface area is 572 Å². The van der Waals surface area contributed by atoms with Crippen LogP contribution in [0.1, 0.15) is 141 Å². The van der Waals surface area contributed by atoms with Crippen molar-refractivity contribution >= 4 is 98.7 Å². The molecule has 3 atom stereocenters. The number of halogens is 2. The summed E-state index contributed by atoms with van der Waals surface area (Å²) in [5.41, 5.74) is 10.7. The third-order valence-corrected chi connectivity index (χ3v) is 19.8. The molecule has 6 saturated heterocycles. The zero-order chi connectivity index (χ0) is 66.6. The van der Waals surface area contributed by atoms with Crippen LogP contribution in [0.15, 0.2) is 108 Å². The van der Waals surface area contributed by atoms with Gasteiger partial charge in [-0.1, -0.05) is 43.3 Å². The lowest BCUT2D eigenvalue weighted by Crippen LogP contribution is -2.48. The van der Waals surface area contributed by atoms with Gasteiger partial charge in [0.15, 0.2) is 0 Å². The van der Waals surface area contributed by atoms with E-state index in [1.165, 1.54) is 38.3 Å². The molecule has 10 heterocycles. The topological polar surface area (TPSA) is 246 Å². The van der Waals surface area contributed by atoms with Gasteiger partial charge in [0.2, 0.25) is 11.8 Å². The van der Waals surface area contributed by atoms with Crippen LogP contribution in [0.5, 0.6) is 0 Å². The third kappa shape index (κ3) is 20.9. The van der Waals surface area contributed by atoms with Crippen molar-refractivity contribution in [2.24, 2.45) is 16.2 Å². The van der Waals surface area contributed by atoms with Gasteiger partial charge in [-0.05, 0) is 195 Å². The second-order valence-corrected chi connectivity index (χ2v) is 29.7. The number of thiophene rings is 2. The fourth-order valence-corrected chi connectivity index (χ4v) is 14.6. The van der Waals surface area contributed by atoms with E-state index in [2.05, 4.69) is 41.5 Å². The van der Waals surface area contributed by atoms with Gasteiger partial charge in [-0.2, -0.15) is 0 Å². The molecule has 12 rings (SSSR count). The molecule has 2 aromatic carbocycles. The number of hydrogen-bond acceptors (Lipinski definition) is 16. The molecule has 0 radical (unpaired) electrons. The molecule has 6 aromatic rings. The highest BCUT2D eigenvalue weighted by atomic mass is 35.5. The van der Waals surface area contributed by atoms with Crippen molar-refractivity contribution in [3.63, 3.8) is 0 Å². The first-order valence-electron chi connectivity index (χ1n) is 32.2. The van der Waals surface area contributed by atoms with Gasteiger partial charge in [-0.25, -0.2) is 19.6 Å².